The van der Waals surface area contributed by atoms with Gasteiger partial charge >= 0.3 is 0 Å². The van der Waals surface area contributed by atoms with Crippen LogP contribution in [0.15, 0.2) is 16.5 Å². The van der Waals surface area contributed by atoms with Crippen LogP contribution in [-0.4, -0.2) is 17.0 Å². The first-order valence-electron chi connectivity index (χ1n) is 5.46. The van der Waals surface area contributed by atoms with Gasteiger partial charge in [-0.1, -0.05) is 23.1 Å². The van der Waals surface area contributed by atoms with Crippen molar-refractivity contribution in [3.8, 4) is 5.75 Å². The Morgan fingerprint density at radius 2 is 2.32 bits per heavy atom. The van der Waals surface area contributed by atoms with Gasteiger partial charge in [0.15, 0.2) is 11.1 Å². The van der Waals surface area contributed by atoms with Crippen molar-refractivity contribution in [2.75, 3.05) is 12.5 Å². The van der Waals surface area contributed by atoms with Crippen LogP contribution in [0.25, 0.3) is 0 Å². The van der Waals surface area contributed by atoms with Crippen molar-refractivity contribution in [2.24, 2.45) is 0 Å². The highest BCUT2D eigenvalue weighted by molar-refractivity contribution is 8.00. The number of thioether (sulfide) groups is 1. The third kappa shape index (κ3) is 2.80. The van der Waals surface area contributed by atoms with E-state index in [-0.39, 0.29) is 12.6 Å². The molecule has 100 valence electrons. The topological polar surface area (TPSA) is 70.3 Å². The minimum absolute atomic E-state index is 0.196. The van der Waals surface area contributed by atoms with Gasteiger partial charge in [0, 0.05) is 16.9 Å². The molecule has 1 aliphatic heterocycles. The molecule has 0 amide bonds. The summed E-state index contributed by atoms with van der Waals surface area (Å²) >= 11 is 2.76. The molecule has 0 unspecified atom stereocenters. The second-order valence-corrected chi connectivity index (χ2v) is 6.09. The molecule has 1 aromatic carbocycles. The normalized spacial score (nSPS) is 13.9. The van der Waals surface area contributed by atoms with Crippen molar-refractivity contribution < 1.29 is 13.9 Å². The number of hydrogen-bond donors (Lipinski definition) is 1. The van der Waals surface area contributed by atoms with E-state index in [0.29, 0.717) is 23.2 Å². The standard InChI is InChI=1S/C11H10FN3O2S2/c12-8-1-6-3-16-5-17-9(6)7(2-8)4-18-11-15-14-10(13)19-11/h1-2H,3-5H2,(H2,13,14). The van der Waals surface area contributed by atoms with Crippen LogP contribution in [0.2, 0.25) is 0 Å². The second kappa shape index (κ2) is 5.32. The van der Waals surface area contributed by atoms with E-state index in [1.54, 1.807) is 0 Å². The summed E-state index contributed by atoms with van der Waals surface area (Å²) in [5, 5.41) is 8.07. The van der Waals surface area contributed by atoms with Gasteiger partial charge in [-0.3, -0.25) is 0 Å². The van der Waals surface area contributed by atoms with E-state index >= 15 is 0 Å². The zero-order chi connectivity index (χ0) is 13.2. The molecular weight excluding hydrogens is 289 g/mol. The Morgan fingerprint density at radius 3 is 3.11 bits per heavy atom. The van der Waals surface area contributed by atoms with Crippen LogP contribution in [0.1, 0.15) is 11.1 Å². The van der Waals surface area contributed by atoms with Gasteiger partial charge in [0.1, 0.15) is 11.6 Å². The summed E-state index contributed by atoms with van der Waals surface area (Å²) in [7, 11) is 0. The number of rotatable bonds is 3. The highest BCUT2D eigenvalue weighted by atomic mass is 32.2. The van der Waals surface area contributed by atoms with Crippen LogP contribution in [0.4, 0.5) is 9.52 Å². The maximum absolute atomic E-state index is 13.5. The van der Waals surface area contributed by atoms with E-state index in [1.807, 2.05) is 0 Å². The fourth-order valence-corrected chi connectivity index (χ4v) is 3.38. The minimum Gasteiger partial charge on any atom is -0.467 e. The molecular formula is C11H10FN3O2S2. The lowest BCUT2D eigenvalue weighted by Gasteiger charge is -2.20. The number of ether oxygens (including phenoxy) is 2. The number of hydrogen-bond acceptors (Lipinski definition) is 7. The first-order valence-corrected chi connectivity index (χ1v) is 7.26. The molecule has 8 heteroatoms. The van der Waals surface area contributed by atoms with Crippen molar-refractivity contribution in [3.63, 3.8) is 0 Å². The second-order valence-electron chi connectivity index (χ2n) is 3.86. The summed E-state index contributed by atoms with van der Waals surface area (Å²) in [6, 6.07) is 2.91. The van der Waals surface area contributed by atoms with E-state index in [9.17, 15) is 4.39 Å². The zero-order valence-corrected chi connectivity index (χ0v) is 11.4. The smallest absolute Gasteiger partial charge is 0.203 e. The van der Waals surface area contributed by atoms with Crippen molar-refractivity contribution in [1.82, 2.24) is 10.2 Å². The molecule has 0 bridgehead atoms. The lowest BCUT2D eigenvalue weighted by atomic mass is 10.1. The molecule has 0 saturated heterocycles. The van der Waals surface area contributed by atoms with Gasteiger partial charge in [0.05, 0.1) is 6.61 Å². The maximum Gasteiger partial charge on any atom is 0.203 e. The van der Waals surface area contributed by atoms with E-state index < -0.39 is 0 Å². The monoisotopic (exact) mass is 299 g/mol. The molecule has 2 aromatic rings. The lowest BCUT2D eigenvalue weighted by molar-refractivity contribution is -0.0171. The number of fused-ring (bicyclic) bond motifs is 1. The third-order valence-electron chi connectivity index (χ3n) is 2.52. The van der Waals surface area contributed by atoms with Crippen molar-refractivity contribution >= 4 is 28.2 Å². The molecule has 0 saturated carbocycles. The Bertz CT molecular complexity index is 606. The molecule has 2 heterocycles. The molecule has 5 nitrogen and oxygen atoms in total. The molecule has 0 radical (unpaired) electrons. The van der Waals surface area contributed by atoms with Gasteiger partial charge in [-0.2, -0.15) is 0 Å². The van der Waals surface area contributed by atoms with Crippen molar-refractivity contribution in [1.29, 1.82) is 0 Å². The van der Waals surface area contributed by atoms with E-state index in [4.69, 9.17) is 15.2 Å². The highest BCUT2D eigenvalue weighted by Gasteiger charge is 2.17. The van der Waals surface area contributed by atoms with Gasteiger partial charge < -0.3 is 15.2 Å². The van der Waals surface area contributed by atoms with E-state index in [2.05, 4.69) is 10.2 Å². The molecule has 2 N–H and O–H groups in total. The molecule has 0 fully saturated rings. The Labute approximate surface area is 116 Å². The Kier molecular flexibility index (Phi) is 3.54. The predicted molar refractivity (Wildman–Crippen MR) is 70.6 cm³/mol. The van der Waals surface area contributed by atoms with Crippen molar-refractivity contribution in [3.05, 3.63) is 29.1 Å². The first kappa shape index (κ1) is 12.6. The summed E-state index contributed by atoms with van der Waals surface area (Å²) < 4.78 is 24.9. The van der Waals surface area contributed by atoms with Gasteiger partial charge in [-0.15, -0.1) is 10.2 Å². The largest absolute Gasteiger partial charge is 0.467 e. The fraction of sp³-hybridized carbons (Fsp3) is 0.273. The van der Waals surface area contributed by atoms with Crippen LogP contribution in [0.5, 0.6) is 5.75 Å². The zero-order valence-electron chi connectivity index (χ0n) is 9.76. The van der Waals surface area contributed by atoms with E-state index in [0.717, 1.165) is 15.5 Å². The summed E-state index contributed by atoms with van der Waals surface area (Å²) in [5.41, 5.74) is 7.04. The van der Waals surface area contributed by atoms with Gasteiger partial charge in [-0.05, 0) is 12.1 Å². The van der Waals surface area contributed by atoms with Crippen LogP contribution in [0, 0.1) is 5.82 Å². The average Bonchev–Trinajstić information content (AvgIpc) is 2.81. The summed E-state index contributed by atoms with van der Waals surface area (Å²) in [6.45, 7) is 0.568. The fourth-order valence-electron chi connectivity index (χ4n) is 1.78. The number of aromatic nitrogens is 2. The Hall–Kier alpha value is -1.38. The van der Waals surface area contributed by atoms with Crippen molar-refractivity contribution in [2.45, 2.75) is 16.7 Å². The summed E-state index contributed by atoms with van der Waals surface area (Å²) in [4.78, 5) is 0. The molecule has 0 spiro atoms. The number of benzene rings is 1. The quantitative estimate of drug-likeness (QED) is 0.878. The van der Waals surface area contributed by atoms with Crippen LogP contribution >= 0.6 is 23.1 Å². The Balaban J connectivity index is 1.82. The molecule has 3 rings (SSSR count). The van der Waals surface area contributed by atoms with Gasteiger partial charge in [0.2, 0.25) is 5.13 Å². The molecule has 1 aromatic heterocycles. The highest BCUT2D eigenvalue weighted by Crippen LogP contribution is 2.34. The average molecular weight is 299 g/mol. The number of halogens is 1. The van der Waals surface area contributed by atoms with Crippen LogP contribution < -0.4 is 10.5 Å². The lowest BCUT2D eigenvalue weighted by Crippen LogP contribution is -2.13. The number of nitrogen functional groups attached to an aromatic ring is 1. The molecule has 0 aliphatic carbocycles. The summed E-state index contributed by atoms with van der Waals surface area (Å²) in [5.74, 6) is 0.965. The summed E-state index contributed by atoms with van der Waals surface area (Å²) in [6.07, 6.45) is 0. The SMILES string of the molecule is Nc1nnc(SCc2cc(F)cc3c2OCOC3)s1. The minimum atomic E-state index is -0.291. The first-order chi connectivity index (χ1) is 9.22. The number of nitrogens with zero attached hydrogens (tertiary/aromatic N) is 2. The van der Waals surface area contributed by atoms with Crippen LogP contribution in [0.3, 0.4) is 0 Å². The molecule has 19 heavy (non-hydrogen) atoms. The molecule has 0 atom stereocenters. The van der Waals surface area contributed by atoms with Gasteiger partial charge in [0.25, 0.3) is 0 Å². The number of anilines is 1. The molecule has 1 aliphatic rings. The predicted octanol–water partition coefficient (Wildman–Crippen LogP) is 2.42. The third-order valence-corrected chi connectivity index (χ3v) is 4.46. The van der Waals surface area contributed by atoms with Crippen LogP contribution in [-0.2, 0) is 17.1 Å². The van der Waals surface area contributed by atoms with Gasteiger partial charge in [-0.25, -0.2) is 4.39 Å². The maximum atomic E-state index is 13.5. The van der Waals surface area contributed by atoms with E-state index in [1.165, 1.54) is 35.2 Å². The number of nitrogens with two attached hydrogens (primary N) is 1. The Morgan fingerprint density at radius 1 is 1.42 bits per heavy atom.